The van der Waals surface area contributed by atoms with Crippen molar-refractivity contribution in [2.45, 2.75) is 19.3 Å². The average Bonchev–Trinajstić information content (AvgIpc) is 2.90. The fraction of sp³-hybridized carbons (Fsp3) is 0.357. The number of likely N-dealkylation sites (tertiary alicyclic amines) is 1. The molecule has 1 fully saturated rings. The monoisotopic (exact) mass is 271 g/mol. The first-order valence-electron chi connectivity index (χ1n) is 6.81. The molecule has 104 valence electrons. The molecule has 0 aromatic carbocycles. The molecule has 0 unspecified atom stereocenters. The molecular weight excluding hydrogens is 254 g/mol. The van der Waals surface area contributed by atoms with Gasteiger partial charge in [-0.3, -0.25) is 4.79 Å². The maximum atomic E-state index is 12.4. The van der Waals surface area contributed by atoms with Gasteiger partial charge in [0.2, 0.25) is 0 Å². The molecule has 6 heteroatoms. The number of nitrogen functional groups attached to an aromatic ring is 1. The van der Waals surface area contributed by atoms with E-state index in [1.54, 1.807) is 12.3 Å². The van der Waals surface area contributed by atoms with Crippen molar-refractivity contribution in [1.29, 1.82) is 0 Å². The van der Waals surface area contributed by atoms with Crippen molar-refractivity contribution in [3.05, 3.63) is 36.2 Å². The van der Waals surface area contributed by atoms with Crippen LogP contribution in [0.5, 0.6) is 0 Å². The molecule has 2 aromatic rings. The van der Waals surface area contributed by atoms with E-state index >= 15 is 0 Å². The van der Waals surface area contributed by atoms with Gasteiger partial charge < -0.3 is 10.6 Å². The lowest BCUT2D eigenvalue weighted by atomic mass is 10.1. The van der Waals surface area contributed by atoms with Gasteiger partial charge in [-0.2, -0.15) is 9.78 Å². The van der Waals surface area contributed by atoms with Crippen LogP contribution in [0.25, 0.3) is 5.82 Å². The third-order valence-corrected chi connectivity index (χ3v) is 3.55. The Morgan fingerprint density at radius 3 is 2.70 bits per heavy atom. The van der Waals surface area contributed by atoms with Crippen LogP contribution in [0.15, 0.2) is 30.6 Å². The second-order valence-electron chi connectivity index (χ2n) is 4.90. The number of pyridine rings is 1. The van der Waals surface area contributed by atoms with Crippen LogP contribution in [0.3, 0.4) is 0 Å². The van der Waals surface area contributed by atoms with E-state index < -0.39 is 0 Å². The van der Waals surface area contributed by atoms with E-state index in [0.717, 1.165) is 25.9 Å². The predicted octanol–water partition coefficient (Wildman–Crippen LogP) is 1.48. The van der Waals surface area contributed by atoms with Crippen LogP contribution in [-0.4, -0.2) is 38.7 Å². The average molecular weight is 271 g/mol. The molecule has 1 aliphatic heterocycles. The summed E-state index contributed by atoms with van der Waals surface area (Å²) in [6, 6.07) is 5.48. The lowest BCUT2D eigenvalue weighted by Crippen LogP contribution is -2.35. The highest BCUT2D eigenvalue weighted by Crippen LogP contribution is 2.19. The number of aromatic nitrogens is 3. The Morgan fingerprint density at radius 1 is 1.20 bits per heavy atom. The van der Waals surface area contributed by atoms with Gasteiger partial charge in [0.1, 0.15) is 11.4 Å². The first kappa shape index (κ1) is 12.7. The van der Waals surface area contributed by atoms with Gasteiger partial charge in [0.05, 0.1) is 6.20 Å². The number of rotatable bonds is 2. The third-order valence-electron chi connectivity index (χ3n) is 3.55. The summed E-state index contributed by atoms with van der Waals surface area (Å²) in [5.74, 6) is 0.923. The summed E-state index contributed by atoms with van der Waals surface area (Å²) in [7, 11) is 0. The number of anilines is 1. The summed E-state index contributed by atoms with van der Waals surface area (Å²) in [4.78, 5) is 18.5. The Bertz CT molecular complexity index is 601. The third kappa shape index (κ3) is 2.24. The van der Waals surface area contributed by atoms with Crippen LogP contribution in [-0.2, 0) is 0 Å². The van der Waals surface area contributed by atoms with Crippen molar-refractivity contribution in [2.75, 3.05) is 18.8 Å². The van der Waals surface area contributed by atoms with E-state index in [1.165, 1.54) is 17.3 Å². The first-order valence-corrected chi connectivity index (χ1v) is 6.81. The molecule has 0 bridgehead atoms. The SMILES string of the molecule is Nc1c(C(=O)N2CCCCC2)cnn1-c1ccccn1. The van der Waals surface area contributed by atoms with Crippen molar-refractivity contribution in [3.63, 3.8) is 0 Å². The molecule has 0 spiro atoms. The highest BCUT2D eigenvalue weighted by Gasteiger charge is 2.23. The van der Waals surface area contributed by atoms with Crippen LogP contribution in [0.2, 0.25) is 0 Å². The predicted molar refractivity (Wildman–Crippen MR) is 75.5 cm³/mol. The van der Waals surface area contributed by atoms with Gasteiger partial charge in [0.15, 0.2) is 5.82 Å². The van der Waals surface area contributed by atoms with E-state index in [2.05, 4.69) is 10.1 Å². The minimum absolute atomic E-state index is 0.0376. The van der Waals surface area contributed by atoms with Crippen LogP contribution in [0.1, 0.15) is 29.6 Å². The Hall–Kier alpha value is -2.37. The van der Waals surface area contributed by atoms with Gasteiger partial charge in [-0.25, -0.2) is 4.98 Å². The van der Waals surface area contributed by atoms with Crippen LogP contribution < -0.4 is 5.73 Å². The van der Waals surface area contributed by atoms with E-state index in [9.17, 15) is 4.79 Å². The number of nitrogens with zero attached hydrogens (tertiary/aromatic N) is 4. The Kier molecular flexibility index (Phi) is 3.37. The summed E-state index contributed by atoms with van der Waals surface area (Å²) in [5.41, 5.74) is 6.51. The van der Waals surface area contributed by atoms with Crippen LogP contribution in [0.4, 0.5) is 5.82 Å². The molecule has 0 aliphatic carbocycles. The van der Waals surface area contributed by atoms with Crippen molar-refractivity contribution in [3.8, 4) is 5.82 Å². The molecule has 2 aromatic heterocycles. The molecule has 20 heavy (non-hydrogen) atoms. The molecule has 0 saturated carbocycles. The summed E-state index contributed by atoms with van der Waals surface area (Å²) in [5, 5.41) is 4.18. The van der Waals surface area contributed by atoms with E-state index in [-0.39, 0.29) is 5.91 Å². The largest absolute Gasteiger partial charge is 0.383 e. The van der Waals surface area contributed by atoms with Crippen LogP contribution in [0, 0.1) is 0 Å². The fourth-order valence-corrected chi connectivity index (χ4v) is 2.45. The van der Waals surface area contributed by atoms with Gasteiger partial charge in [0, 0.05) is 19.3 Å². The second-order valence-corrected chi connectivity index (χ2v) is 4.90. The van der Waals surface area contributed by atoms with Gasteiger partial charge in [-0.1, -0.05) is 6.07 Å². The first-order chi connectivity index (χ1) is 9.77. The summed E-state index contributed by atoms with van der Waals surface area (Å²) in [6.07, 6.45) is 6.50. The summed E-state index contributed by atoms with van der Waals surface area (Å²) >= 11 is 0. The highest BCUT2D eigenvalue weighted by molar-refractivity contribution is 5.98. The zero-order chi connectivity index (χ0) is 13.9. The maximum Gasteiger partial charge on any atom is 0.259 e. The van der Waals surface area contributed by atoms with Gasteiger partial charge >= 0.3 is 0 Å². The van der Waals surface area contributed by atoms with Gasteiger partial charge in [-0.05, 0) is 31.4 Å². The van der Waals surface area contributed by atoms with E-state index in [0.29, 0.717) is 17.2 Å². The molecule has 0 atom stereocenters. The number of nitrogens with two attached hydrogens (primary N) is 1. The summed E-state index contributed by atoms with van der Waals surface area (Å²) < 4.78 is 1.50. The van der Waals surface area contributed by atoms with Crippen molar-refractivity contribution in [2.24, 2.45) is 0 Å². The lowest BCUT2D eigenvalue weighted by molar-refractivity contribution is 0.0725. The number of hydrogen-bond donors (Lipinski definition) is 1. The van der Waals surface area contributed by atoms with Gasteiger partial charge in [-0.15, -0.1) is 0 Å². The molecule has 1 saturated heterocycles. The zero-order valence-electron chi connectivity index (χ0n) is 11.2. The van der Waals surface area contributed by atoms with Crippen LogP contribution >= 0.6 is 0 Å². The maximum absolute atomic E-state index is 12.4. The molecule has 1 amide bonds. The standard InChI is InChI=1S/C14H17N5O/c15-13-11(14(20)18-8-4-1-5-9-18)10-17-19(13)12-6-2-3-7-16-12/h2-3,6-7,10H,1,4-5,8-9,15H2. The summed E-state index contributed by atoms with van der Waals surface area (Å²) in [6.45, 7) is 1.60. The molecule has 1 aliphatic rings. The molecular formula is C14H17N5O. The van der Waals surface area contributed by atoms with Crippen molar-refractivity contribution in [1.82, 2.24) is 19.7 Å². The zero-order valence-corrected chi connectivity index (χ0v) is 11.2. The number of amides is 1. The van der Waals surface area contributed by atoms with Gasteiger partial charge in [0.25, 0.3) is 5.91 Å². The van der Waals surface area contributed by atoms with Crippen molar-refractivity contribution < 1.29 is 4.79 Å². The lowest BCUT2D eigenvalue weighted by Gasteiger charge is -2.26. The Balaban J connectivity index is 1.88. The second kappa shape index (κ2) is 5.32. The van der Waals surface area contributed by atoms with Crippen molar-refractivity contribution >= 4 is 11.7 Å². The fourth-order valence-electron chi connectivity index (χ4n) is 2.45. The normalized spacial score (nSPS) is 15.3. The molecule has 0 radical (unpaired) electrons. The molecule has 3 heterocycles. The molecule has 3 rings (SSSR count). The number of carbonyl (C=O) groups excluding carboxylic acids is 1. The minimum atomic E-state index is -0.0376. The Morgan fingerprint density at radius 2 is 2.00 bits per heavy atom. The quantitative estimate of drug-likeness (QED) is 0.897. The number of hydrogen-bond acceptors (Lipinski definition) is 4. The molecule has 6 nitrogen and oxygen atoms in total. The van der Waals surface area contributed by atoms with E-state index in [1.807, 2.05) is 17.0 Å². The number of piperidine rings is 1. The highest BCUT2D eigenvalue weighted by atomic mass is 16.2. The Labute approximate surface area is 117 Å². The van der Waals surface area contributed by atoms with E-state index in [4.69, 9.17) is 5.73 Å². The number of carbonyl (C=O) groups is 1. The minimum Gasteiger partial charge on any atom is -0.383 e. The molecule has 2 N–H and O–H groups in total. The smallest absolute Gasteiger partial charge is 0.259 e. The topological polar surface area (TPSA) is 77.0 Å².